The van der Waals surface area contributed by atoms with E-state index in [-0.39, 0.29) is 12.3 Å². The molecular formula is C13H21N3O5. The number of aliphatic carboxylic acids is 1. The number of nitrogens with one attached hydrogen (secondary N) is 2. The van der Waals surface area contributed by atoms with Gasteiger partial charge in [0.1, 0.15) is 18.1 Å². The van der Waals surface area contributed by atoms with Gasteiger partial charge in [0.25, 0.3) is 5.91 Å². The van der Waals surface area contributed by atoms with Gasteiger partial charge in [-0.2, -0.15) is 0 Å². The molecule has 1 fully saturated rings. The van der Waals surface area contributed by atoms with Crippen LogP contribution in [0.2, 0.25) is 0 Å². The SMILES string of the molecule is CC(C)C[C@H](NC(=O)CN1C(=O)NC(C)(C)C1=O)C(=O)O. The van der Waals surface area contributed by atoms with E-state index in [2.05, 4.69) is 10.6 Å². The summed E-state index contributed by atoms with van der Waals surface area (Å²) in [6.45, 7) is 6.24. The third-order valence-electron chi connectivity index (χ3n) is 3.09. The molecule has 3 N–H and O–H groups in total. The Kier molecular flexibility index (Phi) is 4.93. The molecule has 1 saturated heterocycles. The maximum atomic E-state index is 11.9. The Morgan fingerprint density at radius 2 is 1.90 bits per heavy atom. The van der Waals surface area contributed by atoms with Gasteiger partial charge in [0.15, 0.2) is 0 Å². The van der Waals surface area contributed by atoms with Crippen LogP contribution in [0.1, 0.15) is 34.1 Å². The predicted molar refractivity (Wildman–Crippen MR) is 73.3 cm³/mol. The minimum absolute atomic E-state index is 0.0852. The molecule has 1 atom stereocenters. The molecule has 8 heteroatoms. The number of nitrogens with zero attached hydrogens (tertiary/aromatic N) is 1. The molecule has 1 rings (SSSR count). The first-order chi connectivity index (χ1) is 9.54. The number of carboxylic acid groups (broad SMARTS) is 1. The zero-order valence-corrected chi connectivity index (χ0v) is 12.6. The van der Waals surface area contributed by atoms with Gasteiger partial charge in [-0.3, -0.25) is 14.5 Å². The summed E-state index contributed by atoms with van der Waals surface area (Å²) in [5, 5.41) is 13.8. The molecule has 0 aromatic rings. The molecule has 0 bridgehead atoms. The average molecular weight is 299 g/mol. The first-order valence-corrected chi connectivity index (χ1v) is 6.71. The van der Waals surface area contributed by atoms with E-state index in [1.165, 1.54) is 13.8 Å². The van der Waals surface area contributed by atoms with Gasteiger partial charge in [-0.25, -0.2) is 9.59 Å². The van der Waals surface area contributed by atoms with Crippen LogP contribution < -0.4 is 10.6 Å². The van der Waals surface area contributed by atoms with Crippen molar-refractivity contribution >= 4 is 23.8 Å². The summed E-state index contributed by atoms with van der Waals surface area (Å²) in [6, 6.07) is -1.69. The molecule has 0 spiro atoms. The van der Waals surface area contributed by atoms with Gasteiger partial charge in [-0.15, -0.1) is 0 Å². The lowest BCUT2D eigenvalue weighted by Crippen LogP contribution is -2.48. The lowest BCUT2D eigenvalue weighted by Gasteiger charge is -2.19. The molecule has 8 nitrogen and oxygen atoms in total. The van der Waals surface area contributed by atoms with Crippen molar-refractivity contribution in [2.45, 2.75) is 45.7 Å². The van der Waals surface area contributed by atoms with E-state index < -0.39 is 41.9 Å². The number of hydrogen-bond acceptors (Lipinski definition) is 4. The molecule has 0 saturated carbocycles. The molecule has 1 aliphatic rings. The Labute approximate surface area is 122 Å². The van der Waals surface area contributed by atoms with Crippen molar-refractivity contribution in [1.29, 1.82) is 0 Å². The predicted octanol–water partition coefficient (Wildman–Crippen LogP) is -0.0677. The van der Waals surface area contributed by atoms with Crippen LogP contribution in [0.15, 0.2) is 0 Å². The molecule has 0 aliphatic carbocycles. The van der Waals surface area contributed by atoms with Gasteiger partial charge in [0.2, 0.25) is 5.91 Å². The van der Waals surface area contributed by atoms with Crippen LogP contribution in [0.5, 0.6) is 0 Å². The fraction of sp³-hybridized carbons (Fsp3) is 0.692. The van der Waals surface area contributed by atoms with Crippen molar-refractivity contribution in [2.75, 3.05) is 6.54 Å². The van der Waals surface area contributed by atoms with E-state index in [1.54, 1.807) is 0 Å². The topological polar surface area (TPSA) is 116 Å². The van der Waals surface area contributed by atoms with Crippen molar-refractivity contribution < 1.29 is 24.3 Å². The highest BCUT2D eigenvalue weighted by Crippen LogP contribution is 2.16. The molecule has 118 valence electrons. The summed E-state index contributed by atoms with van der Waals surface area (Å²) in [6.07, 6.45) is 0.271. The Morgan fingerprint density at radius 3 is 2.29 bits per heavy atom. The standard InChI is InChI=1S/C13H21N3O5/c1-7(2)5-8(10(18)19)14-9(17)6-16-11(20)13(3,4)15-12(16)21/h7-8H,5-6H2,1-4H3,(H,14,17)(H,15,21)(H,18,19)/t8-/m0/s1. The summed E-state index contributed by atoms with van der Waals surface area (Å²) in [5.74, 6) is -2.25. The van der Waals surface area contributed by atoms with Gasteiger partial charge >= 0.3 is 12.0 Å². The molecule has 0 aromatic carbocycles. The second kappa shape index (κ2) is 6.11. The first-order valence-electron chi connectivity index (χ1n) is 6.71. The smallest absolute Gasteiger partial charge is 0.326 e. The first kappa shape index (κ1) is 16.9. The fourth-order valence-corrected chi connectivity index (χ4v) is 2.04. The third kappa shape index (κ3) is 4.17. The van der Waals surface area contributed by atoms with Crippen LogP contribution in [-0.4, -0.2) is 51.9 Å². The Hall–Kier alpha value is -2.12. The normalized spacial score (nSPS) is 18.6. The minimum Gasteiger partial charge on any atom is -0.480 e. The summed E-state index contributed by atoms with van der Waals surface area (Å²) < 4.78 is 0. The molecule has 21 heavy (non-hydrogen) atoms. The van der Waals surface area contributed by atoms with Crippen molar-refractivity contribution in [1.82, 2.24) is 15.5 Å². The zero-order chi connectivity index (χ0) is 16.4. The number of carbonyl (C=O) groups is 4. The molecule has 1 heterocycles. The van der Waals surface area contributed by atoms with E-state index in [0.29, 0.717) is 0 Å². The molecule has 0 aromatic heterocycles. The number of carbonyl (C=O) groups excluding carboxylic acids is 3. The Balaban J connectivity index is 2.67. The maximum Gasteiger partial charge on any atom is 0.326 e. The summed E-state index contributed by atoms with van der Waals surface area (Å²) in [7, 11) is 0. The lowest BCUT2D eigenvalue weighted by atomic mass is 10.0. The quantitative estimate of drug-likeness (QED) is 0.594. The highest BCUT2D eigenvalue weighted by Gasteiger charge is 2.45. The Bertz CT molecular complexity index is 472. The van der Waals surface area contributed by atoms with Gasteiger partial charge in [-0.1, -0.05) is 13.8 Å². The molecule has 0 radical (unpaired) electrons. The Morgan fingerprint density at radius 1 is 1.33 bits per heavy atom. The van der Waals surface area contributed by atoms with Crippen LogP contribution in [0.25, 0.3) is 0 Å². The monoisotopic (exact) mass is 299 g/mol. The van der Waals surface area contributed by atoms with E-state index in [0.717, 1.165) is 4.90 Å². The van der Waals surface area contributed by atoms with E-state index in [4.69, 9.17) is 5.11 Å². The van der Waals surface area contributed by atoms with Gasteiger partial charge < -0.3 is 15.7 Å². The number of carboxylic acids is 1. The maximum absolute atomic E-state index is 11.9. The van der Waals surface area contributed by atoms with Gasteiger partial charge in [0.05, 0.1) is 0 Å². The molecule has 1 aliphatic heterocycles. The number of hydrogen-bond donors (Lipinski definition) is 3. The number of urea groups is 1. The molecule has 0 unspecified atom stereocenters. The van der Waals surface area contributed by atoms with Crippen LogP contribution in [0, 0.1) is 5.92 Å². The zero-order valence-electron chi connectivity index (χ0n) is 12.6. The average Bonchev–Trinajstić information content (AvgIpc) is 2.50. The number of rotatable bonds is 6. The van der Waals surface area contributed by atoms with Crippen LogP contribution >= 0.6 is 0 Å². The van der Waals surface area contributed by atoms with E-state index in [1.807, 2.05) is 13.8 Å². The minimum atomic E-state index is -1.14. The summed E-state index contributed by atoms with van der Waals surface area (Å²) >= 11 is 0. The lowest BCUT2D eigenvalue weighted by molar-refractivity contribution is -0.142. The number of imide groups is 1. The highest BCUT2D eigenvalue weighted by atomic mass is 16.4. The van der Waals surface area contributed by atoms with E-state index in [9.17, 15) is 19.2 Å². The number of amides is 4. The third-order valence-corrected chi connectivity index (χ3v) is 3.09. The second-order valence-corrected chi connectivity index (χ2v) is 6.03. The van der Waals surface area contributed by atoms with Crippen LogP contribution in [0.3, 0.4) is 0 Å². The van der Waals surface area contributed by atoms with E-state index >= 15 is 0 Å². The summed E-state index contributed by atoms with van der Waals surface area (Å²) in [5.41, 5.74) is -1.05. The van der Waals surface area contributed by atoms with Gasteiger partial charge in [-0.05, 0) is 26.2 Å². The largest absolute Gasteiger partial charge is 0.480 e. The van der Waals surface area contributed by atoms with Crippen LogP contribution in [0.4, 0.5) is 4.79 Å². The summed E-state index contributed by atoms with van der Waals surface area (Å²) in [4.78, 5) is 47.2. The van der Waals surface area contributed by atoms with Crippen molar-refractivity contribution in [3.05, 3.63) is 0 Å². The highest BCUT2D eigenvalue weighted by molar-refractivity contribution is 6.08. The van der Waals surface area contributed by atoms with Crippen LogP contribution in [-0.2, 0) is 14.4 Å². The second-order valence-electron chi connectivity index (χ2n) is 6.03. The van der Waals surface area contributed by atoms with Crippen molar-refractivity contribution in [2.24, 2.45) is 5.92 Å². The van der Waals surface area contributed by atoms with Crippen molar-refractivity contribution in [3.8, 4) is 0 Å². The van der Waals surface area contributed by atoms with Crippen molar-refractivity contribution in [3.63, 3.8) is 0 Å². The molecular weight excluding hydrogens is 278 g/mol. The van der Waals surface area contributed by atoms with Gasteiger partial charge in [0, 0.05) is 0 Å². The fourth-order valence-electron chi connectivity index (χ4n) is 2.04. The molecule has 4 amide bonds.